The molecule has 134 valence electrons. The fourth-order valence-corrected chi connectivity index (χ4v) is 2.02. The first kappa shape index (κ1) is 19.7. The van der Waals surface area contributed by atoms with Gasteiger partial charge in [-0.3, -0.25) is 4.79 Å². The van der Waals surface area contributed by atoms with Gasteiger partial charge < -0.3 is 14.2 Å². The lowest BCUT2D eigenvalue weighted by Gasteiger charge is -2.21. The zero-order chi connectivity index (χ0) is 18.3. The third-order valence-corrected chi connectivity index (χ3v) is 2.91. The van der Waals surface area contributed by atoms with E-state index in [2.05, 4.69) is 0 Å². The number of rotatable bonds is 6. The van der Waals surface area contributed by atoms with E-state index in [4.69, 9.17) is 14.2 Å². The van der Waals surface area contributed by atoms with Gasteiger partial charge in [-0.25, -0.2) is 14.2 Å². The van der Waals surface area contributed by atoms with Crippen molar-refractivity contribution in [2.24, 2.45) is 0 Å². The Hall–Kier alpha value is -2.31. The van der Waals surface area contributed by atoms with Crippen LogP contribution in [0.4, 0.5) is 4.79 Å². The first-order chi connectivity index (χ1) is 11.2. The molecule has 1 aromatic rings. The zero-order valence-electron chi connectivity index (χ0n) is 14.9. The average molecular weight is 339 g/mol. The summed E-state index contributed by atoms with van der Waals surface area (Å²) in [6.07, 6.45) is -0.338. The molecule has 0 spiro atoms. The van der Waals surface area contributed by atoms with Crippen LogP contribution >= 0.6 is 0 Å². The normalized spacial score (nSPS) is 11.0. The Morgan fingerprint density at radius 3 is 2.21 bits per heavy atom. The predicted octanol–water partition coefficient (Wildman–Crippen LogP) is 2.94. The third kappa shape index (κ3) is 5.72. The highest BCUT2D eigenvalue weighted by Crippen LogP contribution is 2.17. The lowest BCUT2D eigenvalue weighted by Crippen LogP contribution is -2.30. The van der Waals surface area contributed by atoms with Gasteiger partial charge in [0.15, 0.2) is 0 Å². The fourth-order valence-electron chi connectivity index (χ4n) is 2.02. The monoisotopic (exact) mass is 339 g/mol. The molecule has 1 heterocycles. The molecule has 0 saturated heterocycles. The molecule has 0 fully saturated rings. The summed E-state index contributed by atoms with van der Waals surface area (Å²) < 4.78 is 16.3. The molecule has 0 aliphatic heterocycles. The Labute approximate surface area is 141 Å². The van der Waals surface area contributed by atoms with Gasteiger partial charge in [-0.2, -0.15) is 0 Å². The highest BCUT2D eigenvalue weighted by atomic mass is 16.6. The second-order valence-electron chi connectivity index (χ2n) is 6.05. The van der Waals surface area contributed by atoms with Crippen LogP contribution in [0.1, 0.15) is 57.2 Å². The topological polar surface area (TPSA) is 83.8 Å². The molecular formula is C17H25NO6. The Kier molecular flexibility index (Phi) is 7.00. The van der Waals surface area contributed by atoms with Crippen molar-refractivity contribution in [1.82, 2.24) is 4.57 Å². The third-order valence-electron chi connectivity index (χ3n) is 2.91. The summed E-state index contributed by atoms with van der Waals surface area (Å²) in [6, 6.07) is 3.10. The summed E-state index contributed by atoms with van der Waals surface area (Å²) >= 11 is 0. The van der Waals surface area contributed by atoms with Crippen molar-refractivity contribution in [3.05, 3.63) is 23.5 Å². The molecule has 0 atom stereocenters. The molecule has 0 aromatic carbocycles. The van der Waals surface area contributed by atoms with E-state index in [0.717, 1.165) is 4.57 Å². The number of ether oxygens (including phenoxy) is 3. The van der Waals surface area contributed by atoms with Crippen molar-refractivity contribution >= 4 is 18.0 Å². The minimum absolute atomic E-state index is 0.0740. The molecule has 1 rings (SSSR count). The second-order valence-corrected chi connectivity index (χ2v) is 6.05. The van der Waals surface area contributed by atoms with Crippen LogP contribution in [0, 0.1) is 0 Å². The van der Waals surface area contributed by atoms with Gasteiger partial charge >= 0.3 is 18.0 Å². The number of hydrogen-bond donors (Lipinski definition) is 0. The smallest absolute Gasteiger partial charge is 0.419 e. The van der Waals surface area contributed by atoms with Crippen LogP contribution in [-0.2, 0) is 25.4 Å². The van der Waals surface area contributed by atoms with Crippen molar-refractivity contribution in [2.45, 2.75) is 53.1 Å². The molecule has 0 N–H and O–H groups in total. The van der Waals surface area contributed by atoms with Crippen LogP contribution in [-0.4, -0.2) is 41.4 Å². The van der Waals surface area contributed by atoms with Crippen LogP contribution in [0.15, 0.2) is 12.1 Å². The predicted molar refractivity (Wildman–Crippen MR) is 87.0 cm³/mol. The maximum absolute atomic E-state index is 12.5. The van der Waals surface area contributed by atoms with E-state index in [1.54, 1.807) is 40.7 Å². The summed E-state index contributed by atoms with van der Waals surface area (Å²) in [6.45, 7) is 9.08. The molecule has 0 unspecified atom stereocenters. The van der Waals surface area contributed by atoms with Gasteiger partial charge in [0.05, 0.1) is 19.6 Å². The number of aromatic nitrogens is 1. The Morgan fingerprint density at radius 1 is 1.04 bits per heavy atom. The molecule has 0 aliphatic rings. The Balaban J connectivity index is 3.08. The Morgan fingerprint density at radius 2 is 1.67 bits per heavy atom. The van der Waals surface area contributed by atoms with Crippen LogP contribution < -0.4 is 0 Å². The molecule has 7 nitrogen and oxygen atoms in total. The molecule has 0 saturated carbocycles. The minimum Gasteiger partial charge on any atom is -0.466 e. The second kappa shape index (κ2) is 8.52. The van der Waals surface area contributed by atoms with Gasteiger partial charge in [-0.1, -0.05) is 0 Å². The average Bonchev–Trinajstić information content (AvgIpc) is 2.88. The van der Waals surface area contributed by atoms with Gasteiger partial charge in [0.25, 0.3) is 0 Å². The van der Waals surface area contributed by atoms with Gasteiger partial charge in [0.1, 0.15) is 11.3 Å². The first-order valence-corrected chi connectivity index (χ1v) is 7.96. The number of aryl methyl sites for hydroxylation is 1. The zero-order valence-corrected chi connectivity index (χ0v) is 14.9. The van der Waals surface area contributed by atoms with E-state index in [1.807, 2.05) is 0 Å². The van der Waals surface area contributed by atoms with Crippen molar-refractivity contribution in [2.75, 3.05) is 13.2 Å². The van der Waals surface area contributed by atoms with Gasteiger partial charge in [-0.05, 0) is 53.2 Å². The molecule has 1 aromatic heterocycles. The lowest BCUT2D eigenvalue weighted by atomic mass is 10.2. The maximum atomic E-state index is 12.5. The summed E-state index contributed by atoms with van der Waals surface area (Å²) in [5.41, 5.74) is -0.156. The van der Waals surface area contributed by atoms with Crippen molar-refractivity contribution in [3.8, 4) is 0 Å². The molecule has 0 radical (unpaired) electrons. The van der Waals surface area contributed by atoms with Crippen molar-refractivity contribution < 1.29 is 28.6 Å². The lowest BCUT2D eigenvalue weighted by molar-refractivity contribution is -0.143. The molecule has 0 aliphatic carbocycles. The number of hydrogen-bond acceptors (Lipinski definition) is 6. The highest BCUT2D eigenvalue weighted by Gasteiger charge is 2.25. The van der Waals surface area contributed by atoms with E-state index >= 15 is 0 Å². The van der Waals surface area contributed by atoms with Crippen LogP contribution in [0.5, 0.6) is 0 Å². The number of esters is 2. The van der Waals surface area contributed by atoms with E-state index < -0.39 is 17.7 Å². The van der Waals surface area contributed by atoms with Crippen LogP contribution in [0.2, 0.25) is 0 Å². The fraction of sp³-hybridized carbons (Fsp3) is 0.588. The minimum atomic E-state index is -0.717. The summed E-state index contributed by atoms with van der Waals surface area (Å²) in [4.78, 5) is 36.0. The number of carbonyl (C=O) groups is 3. The maximum Gasteiger partial charge on any atom is 0.419 e. The number of nitrogens with zero attached hydrogens (tertiary/aromatic N) is 1. The van der Waals surface area contributed by atoms with E-state index in [1.165, 1.54) is 6.07 Å². The summed E-state index contributed by atoms with van der Waals surface area (Å²) in [5.74, 6) is -0.988. The SMILES string of the molecule is CCOC(=O)CCc1ccc(C(=O)OCC)n1C(=O)OC(C)(C)C. The first-order valence-electron chi connectivity index (χ1n) is 7.96. The van der Waals surface area contributed by atoms with E-state index in [9.17, 15) is 14.4 Å². The van der Waals surface area contributed by atoms with Crippen LogP contribution in [0.3, 0.4) is 0 Å². The van der Waals surface area contributed by atoms with E-state index in [0.29, 0.717) is 12.3 Å². The van der Waals surface area contributed by atoms with Gasteiger partial charge in [-0.15, -0.1) is 0 Å². The molecular weight excluding hydrogens is 314 g/mol. The molecule has 7 heteroatoms. The van der Waals surface area contributed by atoms with Crippen LogP contribution in [0.25, 0.3) is 0 Å². The molecule has 0 amide bonds. The molecule has 0 bridgehead atoms. The van der Waals surface area contributed by atoms with E-state index in [-0.39, 0.29) is 31.1 Å². The van der Waals surface area contributed by atoms with Crippen molar-refractivity contribution in [1.29, 1.82) is 0 Å². The largest absolute Gasteiger partial charge is 0.466 e. The van der Waals surface area contributed by atoms with Crippen molar-refractivity contribution in [3.63, 3.8) is 0 Å². The molecule has 24 heavy (non-hydrogen) atoms. The Bertz CT molecular complexity index is 597. The quantitative estimate of drug-likeness (QED) is 0.585. The van der Waals surface area contributed by atoms with Gasteiger partial charge in [0.2, 0.25) is 0 Å². The highest BCUT2D eigenvalue weighted by molar-refractivity contribution is 5.92. The standard InChI is InChI=1S/C17H25NO6/c1-6-22-14(19)11-9-12-8-10-13(15(20)23-7-2)18(12)16(21)24-17(3,4)5/h8,10H,6-7,9,11H2,1-5H3. The summed E-state index contributed by atoms with van der Waals surface area (Å²) in [7, 11) is 0. The number of carbonyl (C=O) groups excluding carboxylic acids is 3. The summed E-state index contributed by atoms with van der Waals surface area (Å²) in [5, 5.41) is 0. The van der Waals surface area contributed by atoms with Gasteiger partial charge in [0, 0.05) is 5.69 Å².